The predicted octanol–water partition coefficient (Wildman–Crippen LogP) is 2.67. The van der Waals surface area contributed by atoms with Gasteiger partial charge in [0.05, 0.1) is 12.2 Å². The van der Waals surface area contributed by atoms with E-state index in [1.54, 1.807) is 30.3 Å². The summed E-state index contributed by atoms with van der Waals surface area (Å²) in [5.41, 5.74) is 1.14. The fraction of sp³-hybridized carbons (Fsp3) is 0.316. The Morgan fingerprint density at radius 1 is 1.20 bits per heavy atom. The van der Waals surface area contributed by atoms with Crippen LogP contribution in [0.1, 0.15) is 35.9 Å². The van der Waals surface area contributed by atoms with Gasteiger partial charge in [-0.2, -0.15) is 0 Å². The number of aliphatic hydroxyl groups excluding tert-OH is 1. The summed E-state index contributed by atoms with van der Waals surface area (Å²) < 4.78 is 16.1. The lowest BCUT2D eigenvalue weighted by Crippen LogP contribution is -2.28. The first-order valence-electron chi connectivity index (χ1n) is 8.15. The van der Waals surface area contributed by atoms with Gasteiger partial charge in [0.1, 0.15) is 5.75 Å². The normalized spacial score (nSPS) is 13.6. The maximum absolute atomic E-state index is 12.2. The zero-order chi connectivity index (χ0) is 17.8. The second-order valence-corrected chi connectivity index (χ2v) is 6.03. The van der Waals surface area contributed by atoms with Crippen molar-refractivity contribution in [1.82, 2.24) is 5.32 Å². The zero-order valence-corrected chi connectivity index (χ0v) is 14.2. The predicted molar refractivity (Wildman–Crippen MR) is 92.1 cm³/mol. The van der Waals surface area contributed by atoms with E-state index < -0.39 is 6.10 Å². The monoisotopic (exact) mass is 343 g/mol. The van der Waals surface area contributed by atoms with Crippen LogP contribution < -0.4 is 19.5 Å². The number of hydrogen-bond acceptors (Lipinski definition) is 5. The van der Waals surface area contributed by atoms with Crippen molar-refractivity contribution in [3.63, 3.8) is 0 Å². The van der Waals surface area contributed by atoms with Gasteiger partial charge in [-0.25, -0.2) is 0 Å². The summed E-state index contributed by atoms with van der Waals surface area (Å²) in [5, 5.41) is 13.0. The van der Waals surface area contributed by atoms with Crippen molar-refractivity contribution >= 4 is 5.91 Å². The lowest BCUT2D eigenvalue weighted by molar-refractivity contribution is 0.0916. The van der Waals surface area contributed by atoms with E-state index in [1.165, 1.54) is 0 Å². The Labute approximate surface area is 146 Å². The molecular weight excluding hydrogens is 322 g/mol. The van der Waals surface area contributed by atoms with Gasteiger partial charge in [0.25, 0.3) is 5.91 Å². The molecule has 2 N–H and O–H groups in total. The molecule has 2 aromatic carbocycles. The second kappa shape index (κ2) is 7.44. The van der Waals surface area contributed by atoms with Crippen LogP contribution in [0, 0.1) is 0 Å². The van der Waals surface area contributed by atoms with E-state index in [0.717, 1.165) is 0 Å². The minimum absolute atomic E-state index is 0.0538. The molecule has 1 amide bonds. The summed E-state index contributed by atoms with van der Waals surface area (Å²) in [4.78, 5) is 12.2. The van der Waals surface area contributed by atoms with Crippen molar-refractivity contribution in [2.45, 2.75) is 26.1 Å². The first kappa shape index (κ1) is 17.1. The van der Waals surface area contributed by atoms with Gasteiger partial charge >= 0.3 is 0 Å². The average molecular weight is 343 g/mol. The summed E-state index contributed by atoms with van der Waals surface area (Å²) in [6, 6.07) is 12.2. The standard InChI is InChI=1S/C19H21NO5/c1-12(2)25-15-5-3-4-13(8-15)16(21)10-20-19(22)14-6-7-17-18(9-14)24-11-23-17/h3-9,12,16,21H,10-11H2,1-2H3,(H,20,22)/t16-/m1/s1. The molecule has 0 saturated carbocycles. The average Bonchev–Trinajstić information content (AvgIpc) is 3.06. The number of benzene rings is 2. The van der Waals surface area contributed by atoms with Gasteiger partial charge in [0.15, 0.2) is 11.5 Å². The number of aliphatic hydroxyl groups is 1. The molecule has 6 heteroatoms. The number of rotatable bonds is 6. The van der Waals surface area contributed by atoms with Gasteiger partial charge in [-0.15, -0.1) is 0 Å². The summed E-state index contributed by atoms with van der Waals surface area (Å²) in [6.07, 6.45) is -0.772. The number of ether oxygens (including phenoxy) is 3. The van der Waals surface area contributed by atoms with Crippen LogP contribution in [0.4, 0.5) is 0 Å². The van der Waals surface area contributed by atoms with Crippen molar-refractivity contribution in [3.05, 3.63) is 53.6 Å². The molecule has 0 bridgehead atoms. The molecule has 6 nitrogen and oxygen atoms in total. The fourth-order valence-corrected chi connectivity index (χ4v) is 2.51. The third-order valence-corrected chi connectivity index (χ3v) is 3.71. The molecule has 25 heavy (non-hydrogen) atoms. The highest BCUT2D eigenvalue weighted by molar-refractivity contribution is 5.94. The Kier molecular flexibility index (Phi) is 5.09. The third-order valence-electron chi connectivity index (χ3n) is 3.71. The van der Waals surface area contributed by atoms with Gasteiger partial charge in [-0.05, 0) is 49.7 Å². The highest BCUT2D eigenvalue weighted by Crippen LogP contribution is 2.32. The summed E-state index contributed by atoms with van der Waals surface area (Å²) in [6.45, 7) is 4.13. The van der Waals surface area contributed by atoms with Crippen molar-refractivity contribution in [2.75, 3.05) is 13.3 Å². The molecule has 2 aromatic rings. The molecule has 0 fully saturated rings. The van der Waals surface area contributed by atoms with Crippen LogP contribution in [0.25, 0.3) is 0 Å². The van der Waals surface area contributed by atoms with E-state index >= 15 is 0 Å². The molecule has 1 heterocycles. The van der Waals surface area contributed by atoms with Crippen LogP contribution in [0.2, 0.25) is 0 Å². The van der Waals surface area contributed by atoms with Crippen molar-refractivity contribution in [3.8, 4) is 17.2 Å². The fourth-order valence-electron chi connectivity index (χ4n) is 2.51. The van der Waals surface area contributed by atoms with Crippen LogP contribution in [0.3, 0.4) is 0 Å². The summed E-state index contributed by atoms with van der Waals surface area (Å²) >= 11 is 0. The van der Waals surface area contributed by atoms with Gasteiger partial charge in [-0.3, -0.25) is 4.79 Å². The molecule has 0 saturated heterocycles. The molecule has 1 aliphatic rings. The molecule has 0 aromatic heterocycles. The Bertz CT molecular complexity index is 759. The number of fused-ring (bicyclic) bond motifs is 1. The minimum atomic E-state index is -0.825. The maximum atomic E-state index is 12.2. The van der Waals surface area contributed by atoms with Gasteiger partial charge < -0.3 is 24.6 Å². The largest absolute Gasteiger partial charge is 0.491 e. The number of carbonyl (C=O) groups is 1. The third kappa shape index (κ3) is 4.22. The second-order valence-electron chi connectivity index (χ2n) is 6.03. The van der Waals surface area contributed by atoms with Crippen LogP contribution in [-0.2, 0) is 0 Å². The summed E-state index contributed by atoms with van der Waals surface area (Å²) in [5.74, 6) is 1.57. The molecule has 0 spiro atoms. The molecule has 3 rings (SSSR count). The van der Waals surface area contributed by atoms with Crippen LogP contribution in [-0.4, -0.2) is 30.5 Å². The topological polar surface area (TPSA) is 77.0 Å². The van der Waals surface area contributed by atoms with E-state index in [4.69, 9.17) is 14.2 Å². The Hall–Kier alpha value is -2.73. The van der Waals surface area contributed by atoms with Crippen LogP contribution in [0.5, 0.6) is 17.2 Å². The Morgan fingerprint density at radius 2 is 2.00 bits per heavy atom. The van der Waals surface area contributed by atoms with Gasteiger partial charge in [0, 0.05) is 12.1 Å². The molecule has 0 aliphatic carbocycles. The smallest absolute Gasteiger partial charge is 0.251 e. The number of hydrogen-bond donors (Lipinski definition) is 2. The van der Waals surface area contributed by atoms with E-state index in [9.17, 15) is 9.90 Å². The molecule has 1 atom stereocenters. The quantitative estimate of drug-likeness (QED) is 0.843. The Morgan fingerprint density at radius 3 is 2.80 bits per heavy atom. The SMILES string of the molecule is CC(C)Oc1cccc([C@H](O)CNC(=O)c2ccc3c(c2)OCO3)c1. The van der Waals surface area contributed by atoms with E-state index in [-0.39, 0.29) is 25.3 Å². The minimum Gasteiger partial charge on any atom is -0.491 e. The Balaban J connectivity index is 1.60. The molecule has 0 unspecified atom stereocenters. The van der Waals surface area contributed by atoms with Crippen molar-refractivity contribution in [2.24, 2.45) is 0 Å². The van der Waals surface area contributed by atoms with Crippen LogP contribution >= 0.6 is 0 Å². The molecule has 0 radical (unpaired) electrons. The molecular formula is C19H21NO5. The molecule has 132 valence electrons. The highest BCUT2D eigenvalue weighted by atomic mass is 16.7. The van der Waals surface area contributed by atoms with Crippen molar-refractivity contribution < 1.29 is 24.1 Å². The van der Waals surface area contributed by atoms with Crippen LogP contribution in [0.15, 0.2) is 42.5 Å². The summed E-state index contributed by atoms with van der Waals surface area (Å²) in [7, 11) is 0. The zero-order valence-electron chi connectivity index (χ0n) is 14.2. The van der Waals surface area contributed by atoms with E-state index in [1.807, 2.05) is 26.0 Å². The lowest BCUT2D eigenvalue weighted by Gasteiger charge is -2.15. The van der Waals surface area contributed by atoms with Gasteiger partial charge in [-0.1, -0.05) is 12.1 Å². The number of carbonyl (C=O) groups excluding carboxylic acids is 1. The molecule has 1 aliphatic heterocycles. The van der Waals surface area contributed by atoms with E-state index in [2.05, 4.69) is 5.32 Å². The highest BCUT2D eigenvalue weighted by Gasteiger charge is 2.17. The first-order valence-corrected chi connectivity index (χ1v) is 8.15. The number of amides is 1. The number of nitrogens with one attached hydrogen (secondary N) is 1. The maximum Gasteiger partial charge on any atom is 0.251 e. The van der Waals surface area contributed by atoms with Gasteiger partial charge in [0.2, 0.25) is 6.79 Å². The van der Waals surface area contributed by atoms with E-state index in [0.29, 0.717) is 28.4 Å². The first-order chi connectivity index (χ1) is 12.0. The van der Waals surface area contributed by atoms with Crippen molar-refractivity contribution in [1.29, 1.82) is 0 Å². The lowest BCUT2D eigenvalue weighted by atomic mass is 10.1.